The van der Waals surface area contributed by atoms with Crippen LogP contribution in [0.4, 0.5) is 36.8 Å². The van der Waals surface area contributed by atoms with Crippen molar-refractivity contribution in [2.45, 2.75) is 38.1 Å². The zero-order valence-electron chi connectivity index (χ0n) is 21.1. The predicted molar refractivity (Wildman–Crippen MR) is 130 cm³/mol. The molecule has 2 saturated heterocycles. The zero-order chi connectivity index (χ0) is 29.2. The van der Waals surface area contributed by atoms with E-state index in [9.17, 15) is 35.9 Å². The van der Waals surface area contributed by atoms with Crippen LogP contribution in [0.2, 0.25) is 0 Å². The van der Waals surface area contributed by atoms with Gasteiger partial charge in [-0.15, -0.1) is 0 Å². The van der Waals surface area contributed by atoms with E-state index in [1.54, 1.807) is 12.1 Å². The van der Waals surface area contributed by atoms with Crippen molar-refractivity contribution in [3.05, 3.63) is 71.2 Å². The van der Waals surface area contributed by atoms with Crippen molar-refractivity contribution in [1.82, 2.24) is 15.1 Å². The number of carboxylic acid groups (broad SMARTS) is 1. The van der Waals surface area contributed by atoms with Crippen molar-refractivity contribution in [1.29, 1.82) is 0 Å². The van der Waals surface area contributed by atoms with Crippen molar-refractivity contribution >= 4 is 17.7 Å². The average Bonchev–Trinajstić information content (AvgIpc) is 3.47. The van der Waals surface area contributed by atoms with Crippen LogP contribution in [0.5, 0.6) is 0 Å². The molecule has 3 heterocycles. The Morgan fingerprint density at radius 1 is 1.07 bits per heavy atom. The minimum Gasteiger partial charge on any atom is -0.478 e. The first-order chi connectivity index (χ1) is 18.8. The fourth-order valence-corrected chi connectivity index (χ4v) is 4.61. The highest BCUT2D eigenvalue weighted by atomic mass is 19.4. The number of hydrogen-bond acceptors (Lipinski definition) is 5. The van der Waals surface area contributed by atoms with Gasteiger partial charge in [-0.05, 0) is 36.4 Å². The van der Waals surface area contributed by atoms with E-state index in [1.165, 1.54) is 29.3 Å². The summed E-state index contributed by atoms with van der Waals surface area (Å²) in [5.41, 5.74) is 0.852. The van der Waals surface area contributed by atoms with E-state index in [4.69, 9.17) is 9.84 Å². The summed E-state index contributed by atoms with van der Waals surface area (Å²) in [4.78, 5) is 27.2. The first-order valence-corrected chi connectivity index (χ1v) is 12.1. The van der Waals surface area contributed by atoms with E-state index in [0.717, 1.165) is 6.07 Å². The maximum absolute atomic E-state index is 14.3. The van der Waals surface area contributed by atoms with Crippen LogP contribution in [0.25, 0.3) is 11.3 Å². The number of aromatic nitrogens is 2. The monoisotopic (exact) mass is 570 g/mol. The van der Waals surface area contributed by atoms with Gasteiger partial charge in [0, 0.05) is 56.2 Å². The summed E-state index contributed by atoms with van der Waals surface area (Å²) in [5.74, 6) is -5.11. The summed E-state index contributed by atoms with van der Waals surface area (Å²) in [6.45, 7) is 2.11. The Kier molecular flexibility index (Phi) is 8.10. The molecule has 2 aliphatic heterocycles. The molecule has 0 atom stereocenters. The quantitative estimate of drug-likeness (QED) is 0.299. The molecule has 0 bridgehead atoms. The number of anilines is 1. The van der Waals surface area contributed by atoms with Crippen molar-refractivity contribution in [3.8, 4) is 11.3 Å². The minimum absolute atomic E-state index is 0.0980. The van der Waals surface area contributed by atoms with Gasteiger partial charge in [0.2, 0.25) is 0 Å². The van der Waals surface area contributed by atoms with Crippen molar-refractivity contribution in [2.75, 3.05) is 24.5 Å². The van der Waals surface area contributed by atoms with Gasteiger partial charge in [0.1, 0.15) is 5.60 Å². The number of benzene rings is 2. The molecule has 214 valence electrons. The average molecular weight is 570 g/mol. The molecule has 1 amide bonds. The Bertz CT molecular complexity index is 1380. The Balaban J connectivity index is 0.000000681. The largest absolute Gasteiger partial charge is 0.478 e. The lowest BCUT2D eigenvalue weighted by Crippen LogP contribution is -2.46. The van der Waals surface area contributed by atoms with Crippen LogP contribution < -0.4 is 4.90 Å². The molecule has 40 heavy (non-hydrogen) atoms. The summed E-state index contributed by atoms with van der Waals surface area (Å²) in [5, 5.41) is 15.7. The second-order valence-electron chi connectivity index (χ2n) is 9.54. The highest BCUT2D eigenvalue weighted by Crippen LogP contribution is 2.37. The van der Waals surface area contributed by atoms with Gasteiger partial charge in [-0.3, -0.25) is 14.9 Å². The highest BCUT2D eigenvalue weighted by Gasteiger charge is 2.47. The number of rotatable bonds is 5. The molecule has 0 unspecified atom stereocenters. The molecule has 2 N–H and O–H groups in total. The van der Waals surface area contributed by atoms with Crippen LogP contribution in [-0.4, -0.2) is 63.7 Å². The zero-order valence-corrected chi connectivity index (χ0v) is 21.1. The third-order valence-corrected chi connectivity index (χ3v) is 6.58. The molecular weight excluding hydrogens is 546 g/mol. The van der Waals surface area contributed by atoms with Gasteiger partial charge in [-0.25, -0.2) is 22.8 Å². The smallest absolute Gasteiger partial charge is 0.415 e. The number of piperidine rings is 1. The Morgan fingerprint density at radius 3 is 2.30 bits per heavy atom. The molecular formula is C26H24F6N4O4. The van der Waals surface area contributed by atoms with Crippen LogP contribution in [0.1, 0.15) is 35.7 Å². The van der Waals surface area contributed by atoms with Gasteiger partial charge in [-0.2, -0.15) is 18.3 Å². The van der Waals surface area contributed by atoms with E-state index in [1.807, 2.05) is 0 Å². The molecule has 1 spiro atoms. The van der Waals surface area contributed by atoms with Crippen molar-refractivity contribution < 1.29 is 45.8 Å². The minimum atomic E-state index is -4.00. The highest BCUT2D eigenvalue weighted by molar-refractivity contribution is 5.92. The van der Waals surface area contributed by atoms with Crippen LogP contribution in [0.3, 0.4) is 0 Å². The van der Waals surface area contributed by atoms with E-state index < -0.39 is 41.3 Å². The Morgan fingerprint density at radius 2 is 1.70 bits per heavy atom. The van der Waals surface area contributed by atoms with E-state index in [-0.39, 0.29) is 23.7 Å². The Labute approximate surface area is 224 Å². The number of carbonyl (C=O) groups is 2. The number of ether oxygens (including phenoxy) is 1. The fraction of sp³-hybridized carbons (Fsp3) is 0.346. The SMILES string of the molecule is CC(F)(F)F.O=C(O)c1ccc(N2CC3(CCN(Cc4cn[nH]c4-c4ccc(F)c(F)c4F)CC3)OC2=O)cc1. The van der Waals surface area contributed by atoms with Crippen molar-refractivity contribution in [3.63, 3.8) is 0 Å². The lowest BCUT2D eigenvalue weighted by Gasteiger charge is -2.37. The number of carboxylic acids is 1. The number of aromatic carboxylic acids is 1. The maximum atomic E-state index is 14.3. The lowest BCUT2D eigenvalue weighted by atomic mass is 9.91. The molecule has 1 aromatic heterocycles. The van der Waals surface area contributed by atoms with Crippen LogP contribution >= 0.6 is 0 Å². The van der Waals surface area contributed by atoms with E-state index in [2.05, 4.69) is 15.1 Å². The first-order valence-electron chi connectivity index (χ1n) is 12.1. The van der Waals surface area contributed by atoms with Gasteiger partial charge < -0.3 is 9.84 Å². The molecule has 0 radical (unpaired) electrons. The second kappa shape index (κ2) is 11.2. The third-order valence-electron chi connectivity index (χ3n) is 6.58. The number of carbonyl (C=O) groups excluding carboxylic acids is 1. The van der Waals surface area contributed by atoms with Gasteiger partial charge >= 0.3 is 18.2 Å². The standard InChI is InChI=1S/C24H21F3N4O4.C2H3F3/c25-18-6-5-17(19(26)20(18)27)21-15(11-28-29-21)12-30-9-7-24(8-10-30)13-31(23(34)35-24)16-3-1-14(2-4-16)22(32)33;1-2(3,4)5/h1-6,11H,7-10,12-13H2,(H,28,29)(H,32,33);1H3. The molecule has 0 aliphatic carbocycles. The summed E-state index contributed by atoms with van der Waals surface area (Å²) in [7, 11) is 0. The Hall–Kier alpha value is -4.07. The van der Waals surface area contributed by atoms with Crippen LogP contribution in [0, 0.1) is 17.5 Å². The van der Waals surface area contributed by atoms with Crippen LogP contribution in [0.15, 0.2) is 42.6 Å². The second-order valence-corrected chi connectivity index (χ2v) is 9.54. The number of amides is 1. The maximum Gasteiger partial charge on any atom is 0.415 e. The normalized spacial score (nSPS) is 17.0. The number of alkyl halides is 3. The van der Waals surface area contributed by atoms with Gasteiger partial charge in [0.05, 0.1) is 24.0 Å². The molecule has 0 saturated carbocycles. The molecule has 5 rings (SSSR count). The van der Waals surface area contributed by atoms with Crippen molar-refractivity contribution in [2.24, 2.45) is 0 Å². The number of hydrogen-bond donors (Lipinski definition) is 2. The molecule has 2 aromatic carbocycles. The molecule has 8 nitrogen and oxygen atoms in total. The van der Waals surface area contributed by atoms with Gasteiger partial charge in [0.25, 0.3) is 0 Å². The number of aromatic amines is 1. The number of H-pyrrole nitrogens is 1. The molecule has 3 aromatic rings. The molecule has 2 aliphatic rings. The molecule has 14 heteroatoms. The summed E-state index contributed by atoms with van der Waals surface area (Å²) in [6.07, 6.45) is -1.82. The number of nitrogens with zero attached hydrogens (tertiary/aromatic N) is 3. The van der Waals surface area contributed by atoms with E-state index in [0.29, 0.717) is 50.3 Å². The number of halogens is 6. The predicted octanol–water partition coefficient (Wildman–Crippen LogP) is 5.75. The van der Waals surface area contributed by atoms with Gasteiger partial charge in [-0.1, -0.05) is 0 Å². The first kappa shape index (κ1) is 28.9. The van der Waals surface area contributed by atoms with Crippen LogP contribution in [-0.2, 0) is 11.3 Å². The van der Waals surface area contributed by atoms with Gasteiger partial charge in [0.15, 0.2) is 17.5 Å². The number of nitrogens with one attached hydrogen (secondary N) is 1. The third kappa shape index (κ3) is 6.55. The topological polar surface area (TPSA) is 98.8 Å². The molecule has 2 fully saturated rings. The summed E-state index contributed by atoms with van der Waals surface area (Å²) in [6, 6.07) is 8.09. The number of likely N-dealkylation sites (tertiary alicyclic amines) is 1. The fourth-order valence-electron chi connectivity index (χ4n) is 4.61. The lowest BCUT2D eigenvalue weighted by molar-refractivity contribution is -0.110. The van der Waals surface area contributed by atoms with E-state index >= 15 is 0 Å². The summed E-state index contributed by atoms with van der Waals surface area (Å²) < 4.78 is 78.2. The summed E-state index contributed by atoms with van der Waals surface area (Å²) >= 11 is 0.